The van der Waals surface area contributed by atoms with E-state index in [4.69, 9.17) is 23.2 Å². The third kappa shape index (κ3) is 4.19. The summed E-state index contributed by atoms with van der Waals surface area (Å²) in [5.41, 5.74) is -1.96. The van der Waals surface area contributed by atoms with Crippen LogP contribution in [-0.2, 0) is 6.18 Å². The van der Waals surface area contributed by atoms with E-state index in [9.17, 15) is 31.4 Å². The van der Waals surface area contributed by atoms with Gasteiger partial charge in [-0.25, -0.2) is 4.68 Å². The largest absolute Gasteiger partial charge is 0.420 e. The van der Waals surface area contributed by atoms with Crippen LogP contribution in [0.4, 0.5) is 26.3 Å². The number of rotatable bonds is 3. The highest BCUT2D eigenvalue weighted by atomic mass is 79.9. The van der Waals surface area contributed by atoms with Gasteiger partial charge in [-0.15, -0.1) is 0 Å². The van der Waals surface area contributed by atoms with Gasteiger partial charge in [0.1, 0.15) is 11.4 Å². The van der Waals surface area contributed by atoms with Gasteiger partial charge in [0.15, 0.2) is 6.10 Å². The lowest BCUT2D eigenvalue weighted by molar-refractivity contribution is -0.208. The molecule has 13 heteroatoms. The lowest BCUT2D eigenvalue weighted by Gasteiger charge is -2.14. The molecule has 3 rings (SSSR count). The Morgan fingerprint density at radius 1 is 1.14 bits per heavy atom. The number of benzene rings is 1. The molecule has 0 aliphatic heterocycles. The fraction of sp³-hybridized carbons (Fsp3) is 0.400. The quantitative estimate of drug-likeness (QED) is 0.324. The summed E-state index contributed by atoms with van der Waals surface area (Å²) in [5.74, 6) is -0.458. The summed E-state index contributed by atoms with van der Waals surface area (Å²) >= 11 is 18.4. The predicted octanol–water partition coefficient (Wildman–Crippen LogP) is 6.77. The first-order valence-corrected chi connectivity index (χ1v) is 9.76. The molecule has 0 bridgehead atoms. The van der Waals surface area contributed by atoms with Gasteiger partial charge in [-0.2, -0.15) is 31.4 Å². The van der Waals surface area contributed by atoms with Crippen LogP contribution < -0.4 is 0 Å². The number of aliphatic hydroxyl groups excluding tert-OH is 1. The summed E-state index contributed by atoms with van der Waals surface area (Å²) in [6.07, 6.45) is -11.0. The van der Waals surface area contributed by atoms with Crippen LogP contribution in [0.25, 0.3) is 5.69 Å². The minimum Gasteiger partial charge on any atom is -0.378 e. The van der Waals surface area contributed by atoms with Gasteiger partial charge in [0.05, 0.1) is 18.8 Å². The Labute approximate surface area is 180 Å². The Bertz CT molecular complexity index is 905. The third-order valence-electron chi connectivity index (χ3n) is 4.12. The van der Waals surface area contributed by atoms with E-state index >= 15 is 0 Å². The van der Waals surface area contributed by atoms with E-state index in [1.807, 2.05) is 0 Å². The Kier molecular flexibility index (Phi) is 5.58. The summed E-state index contributed by atoms with van der Waals surface area (Å²) in [6, 6.07) is 1.20. The molecule has 1 aromatic heterocycles. The van der Waals surface area contributed by atoms with Crippen LogP contribution in [0.2, 0.25) is 10.0 Å². The van der Waals surface area contributed by atoms with Crippen molar-refractivity contribution in [3.05, 3.63) is 45.2 Å². The summed E-state index contributed by atoms with van der Waals surface area (Å²) in [7, 11) is 0. The zero-order valence-electron chi connectivity index (χ0n) is 13.2. The molecule has 0 saturated heterocycles. The van der Waals surface area contributed by atoms with E-state index in [0.717, 1.165) is 4.68 Å². The van der Waals surface area contributed by atoms with Gasteiger partial charge in [0.25, 0.3) is 0 Å². The molecule has 1 N–H and O–H groups in total. The molecule has 2 unspecified atom stereocenters. The zero-order valence-corrected chi connectivity index (χ0v) is 17.9. The van der Waals surface area contributed by atoms with Gasteiger partial charge in [-0.3, -0.25) is 0 Å². The Morgan fingerprint density at radius 3 is 2.04 bits per heavy atom. The molecule has 1 heterocycles. The minimum atomic E-state index is -4.99. The summed E-state index contributed by atoms with van der Waals surface area (Å²) < 4.78 is 78.0. The number of alkyl halides is 8. The van der Waals surface area contributed by atoms with Crippen LogP contribution in [0, 0.1) is 0 Å². The second kappa shape index (κ2) is 7.04. The lowest BCUT2D eigenvalue weighted by atomic mass is 10.1. The summed E-state index contributed by atoms with van der Waals surface area (Å²) in [4.78, 5) is 0. The first-order valence-electron chi connectivity index (χ1n) is 7.41. The zero-order chi connectivity index (χ0) is 21.2. The molecule has 1 aliphatic rings. The maximum Gasteiger partial charge on any atom is 0.420 e. The predicted molar refractivity (Wildman–Crippen MR) is 97.5 cm³/mol. The summed E-state index contributed by atoms with van der Waals surface area (Å²) in [6.45, 7) is 0. The molecular formula is C15H8Br2Cl2F6N2O. The van der Waals surface area contributed by atoms with Crippen molar-refractivity contribution in [1.82, 2.24) is 9.78 Å². The lowest BCUT2D eigenvalue weighted by Crippen LogP contribution is -2.22. The molecule has 154 valence electrons. The molecular weight excluding hydrogens is 569 g/mol. The highest BCUT2D eigenvalue weighted by molar-refractivity contribution is 9.25. The van der Waals surface area contributed by atoms with Gasteiger partial charge in [0.2, 0.25) is 0 Å². The highest BCUT2D eigenvalue weighted by Gasteiger charge is 2.55. The van der Waals surface area contributed by atoms with Crippen molar-refractivity contribution in [2.45, 2.75) is 34.0 Å². The standard InChI is InChI=1S/C15H8Br2Cl2F6N2O/c16-13(17)3-7(13)6-4-27(26-10(6)12(28)15(23,24)25)11-8(18)1-5(2-9(11)19)14(20,21)22/h1-2,4,7,12,28H,3H2. The van der Waals surface area contributed by atoms with E-state index in [2.05, 4.69) is 37.0 Å². The van der Waals surface area contributed by atoms with Gasteiger partial charge < -0.3 is 5.11 Å². The number of hydrogen-bond donors (Lipinski definition) is 1. The van der Waals surface area contributed by atoms with Crippen molar-refractivity contribution in [3.8, 4) is 5.69 Å². The monoisotopic (exact) mass is 574 g/mol. The van der Waals surface area contributed by atoms with Crippen molar-refractivity contribution in [1.29, 1.82) is 0 Å². The van der Waals surface area contributed by atoms with Crippen molar-refractivity contribution in [2.24, 2.45) is 0 Å². The van der Waals surface area contributed by atoms with Crippen LogP contribution in [0.3, 0.4) is 0 Å². The topological polar surface area (TPSA) is 38.1 Å². The Hall–Kier alpha value is -0.490. The molecule has 0 amide bonds. The van der Waals surface area contributed by atoms with E-state index in [-0.39, 0.29) is 11.3 Å². The van der Waals surface area contributed by atoms with E-state index in [1.54, 1.807) is 0 Å². The fourth-order valence-corrected chi connectivity index (χ4v) is 4.45. The first kappa shape index (κ1) is 22.2. The van der Waals surface area contributed by atoms with Gasteiger partial charge in [-0.1, -0.05) is 55.1 Å². The maximum absolute atomic E-state index is 13.0. The van der Waals surface area contributed by atoms with Crippen LogP contribution in [0.5, 0.6) is 0 Å². The second-order valence-corrected chi connectivity index (χ2v) is 10.9. The molecule has 3 nitrogen and oxygen atoms in total. The van der Waals surface area contributed by atoms with Crippen molar-refractivity contribution in [3.63, 3.8) is 0 Å². The van der Waals surface area contributed by atoms with Crippen molar-refractivity contribution < 1.29 is 31.4 Å². The Morgan fingerprint density at radius 2 is 1.64 bits per heavy atom. The molecule has 1 aromatic carbocycles. The van der Waals surface area contributed by atoms with Crippen LogP contribution in [-0.4, -0.2) is 24.3 Å². The molecule has 28 heavy (non-hydrogen) atoms. The number of aliphatic hydroxyl groups is 1. The molecule has 1 saturated carbocycles. The molecule has 1 aliphatic carbocycles. The number of halogens is 10. The molecule has 0 radical (unpaired) electrons. The van der Waals surface area contributed by atoms with Crippen molar-refractivity contribution in [2.75, 3.05) is 0 Å². The van der Waals surface area contributed by atoms with Crippen molar-refractivity contribution >= 4 is 55.1 Å². The number of hydrogen-bond acceptors (Lipinski definition) is 2. The fourth-order valence-electron chi connectivity index (χ4n) is 2.65. The molecule has 2 atom stereocenters. The van der Waals surface area contributed by atoms with Crippen LogP contribution in [0.1, 0.15) is 35.3 Å². The number of nitrogens with zero attached hydrogens (tertiary/aromatic N) is 2. The molecule has 2 aromatic rings. The summed E-state index contributed by atoms with van der Waals surface area (Å²) in [5, 5.41) is 12.5. The normalized spacial score (nSPS) is 20.3. The number of aromatic nitrogens is 2. The average molecular weight is 577 g/mol. The SMILES string of the molecule is OC(c1nn(-c2c(Cl)cc(C(F)(F)F)cc2Cl)cc1C1CC1(Br)Br)C(F)(F)F. The molecule has 0 spiro atoms. The second-order valence-electron chi connectivity index (χ2n) is 6.16. The molecule has 1 fully saturated rings. The van der Waals surface area contributed by atoms with E-state index in [1.165, 1.54) is 6.20 Å². The van der Waals surface area contributed by atoms with Gasteiger partial charge in [-0.05, 0) is 18.6 Å². The third-order valence-corrected chi connectivity index (χ3v) is 6.45. The first-order chi connectivity index (χ1) is 12.6. The van der Waals surface area contributed by atoms with Gasteiger partial charge >= 0.3 is 12.4 Å². The van der Waals surface area contributed by atoms with Crippen LogP contribution >= 0.6 is 55.1 Å². The average Bonchev–Trinajstić information content (AvgIpc) is 2.96. The Balaban J connectivity index is 2.14. The van der Waals surface area contributed by atoms with E-state index < -0.39 is 48.9 Å². The minimum absolute atomic E-state index is 0.0607. The highest BCUT2D eigenvalue weighted by Crippen LogP contribution is 2.63. The van der Waals surface area contributed by atoms with Crippen LogP contribution in [0.15, 0.2) is 18.3 Å². The van der Waals surface area contributed by atoms with Gasteiger partial charge in [0, 0.05) is 17.7 Å². The van der Waals surface area contributed by atoms with E-state index in [0.29, 0.717) is 18.6 Å². The maximum atomic E-state index is 13.0. The smallest absolute Gasteiger partial charge is 0.378 e.